The fraction of sp³-hybridized carbons (Fsp3) is 0.600. The Morgan fingerprint density at radius 3 is 2.53 bits per heavy atom. The van der Waals surface area contributed by atoms with Crippen LogP contribution in [0, 0.1) is 11.8 Å². The number of halogens is 1. The quantitative estimate of drug-likeness (QED) is 0.696. The van der Waals surface area contributed by atoms with Crippen molar-refractivity contribution in [2.24, 2.45) is 11.8 Å². The van der Waals surface area contributed by atoms with Gasteiger partial charge in [0.2, 0.25) is 5.91 Å². The molecule has 2 fully saturated rings. The molecule has 1 aromatic carbocycles. The number of ether oxygens (including phenoxy) is 1. The van der Waals surface area contributed by atoms with E-state index in [-0.39, 0.29) is 30.4 Å². The molecule has 1 aliphatic carbocycles. The number of hydrogen-bond donors (Lipinski definition) is 1. The Morgan fingerprint density at radius 2 is 1.79 bits per heavy atom. The number of piperidine rings is 1. The molecule has 0 radical (unpaired) electrons. The standard InChI is InChI=1S/C25H32ClN5O3/c26-20-8-6-18(7-9-20)22-15-31-21(16-34-22)23(28-29-31)25(33)30-12-10-19(11-13-30)24(32)27-14-17-4-2-1-3-5-17/h6-9,17,19,22H,1-5,10-16H2,(H,27,32)/t22-/m1/s1. The predicted molar refractivity (Wildman–Crippen MR) is 127 cm³/mol. The number of rotatable bonds is 5. The SMILES string of the molecule is O=C(NCC1CCCCC1)C1CCN(C(=O)c2nnn3c2CO[C@@H](c2ccc(Cl)cc2)C3)CC1. The summed E-state index contributed by atoms with van der Waals surface area (Å²) < 4.78 is 7.79. The molecule has 0 bridgehead atoms. The number of amides is 2. The fourth-order valence-electron chi connectivity index (χ4n) is 5.33. The zero-order valence-corrected chi connectivity index (χ0v) is 20.2. The topological polar surface area (TPSA) is 89.4 Å². The third-order valence-corrected chi connectivity index (χ3v) is 7.74. The predicted octanol–water partition coefficient (Wildman–Crippen LogP) is 3.75. The number of aromatic nitrogens is 3. The van der Waals surface area contributed by atoms with Gasteiger partial charge >= 0.3 is 0 Å². The van der Waals surface area contributed by atoms with Crippen LogP contribution in [0.2, 0.25) is 5.02 Å². The summed E-state index contributed by atoms with van der Waals surface area (Å²) in [6.45, 7) is 2.69. The van der Waals surface area contributed by atoms with E-state index in [0.717, 1.165) is 12.1 Å². The van der Waals surface area contributed by atoms with Crippen LogP contribution in [0.1, 0.15) is 72.8 Å². The highest BCUT2D eigenvalue weighted by Gasteiger charge is 2.33. The maximum absolute atomic E-state index is 13.2. The van der Waals surface area contributed by atoms with Crippen molar-refractivity contribution in [2.75, 3.05) is 19.6 Å². The number of nitrogens with one attached hydrogen (secondary N) is 1. The van der Waals surface area contributed by atoms with Crippen molar-refractivity contribution in [2.45, 2.75) is 64.2 Å². The second-order valence-corrected chi connectivity index (χ2v) is 10.2. The van der Waals surface area contributed by atoms with Crippen LogP contribution in [0.25, 0.3) is 0 Å². The van der Waals surface area contributed by atoms with Crippen molar-refractivity contribution in [3.05, 3.63) is 46.2 Å². The minimum Gasteiger partial charge on any atom is -0.365 e. The number of fused-ring (bicyclic) bond motifs is 1. The Morgan fingerprint density at radius 1 is 1.06 bits per heavy atom. The van der Waals surface area contributed by atoms with Crippen molar-refractivity contribution in [3.8, 4) is 0 Å². The molecule has 0 unspecified atom stereocenters. The summed E-state index contributed by atoms with van der Waals surface area (Å²) in [6, 6.07) is 7.56. The number of nitrogens with zero attached hydrogens (tertiary/aromatic N) is 4. The van der Waals surface area contributed by atoms with Gasteiger partial charge in [0.25, 0.3) is 5.91 Å². The molecule has 5 rings (SSSR count). The lowest BCUT2D eigenvalue weighted by atomic mass is 9.89. The highest BCUT2D eigenvalue weighted by molar-refractivity contribution is 6.30. The molecule has 34 heavy (non-hydrogen) atoms. The first kappa shape index (κ1) is 23.3. The minimum absolute atomic E-state index is 0.0230. The highest BCUT2D eigenvalue weighted by Crippen LogP contribution is 2.29. The normalized spacial score (nSPS) is 21.8. The Kier molecular flexibility index (Phi) is 7.15. The van der Waals surface area contributed by atoms with Gasteiger partial charge in [-0.3, -0.25) is 9.59 Å². The van der Waals surface area contributed by atoms with E-state index in [4.69, 9.17) is 16.3 Å². The lowest BCUT2D eigenvalue weighted by Crippen LogP contribution is -2.44. The van der Waals surface area contributed by atoms with Gasteiger partial charge in [-0.15, -0.1) is 5.10 Å². The third kappa shape index (κ3) is 5.13. The minimum atomic E-state index is -0.155. The van der Waals surface area contributed by atoms with E-state index in [0.29, 0.717) is 54.8 Å². The molecule has 9 heteroatoms. The Bertz CT molecular complexity index is 1010. The summed E-state index contributed by atoms with van der Waals surface area (Å²) in [6.07, 6.45) is 7.53. The van der Waals surface area contributed by atoms with Crippen LogP contribution in [-0.2, 0) is 22.7 Å². The summed E-state index contributed by atoms with van der Waals surface area (Å²) in [5, 5.41) is 12.3. The summed E-state index contributed by atoms with van der Waals surface area (Å²) in [5.74, 6) is 0.613. The monoisotopic (exact) mass is 485 g/mol. The summed E-state index contributed by atoms with van der Waals surface area (Å²) in [7, 11) is 0. The number of hydrogen-bond acceptors (Lipinski definition) is 5. The van der Waals surface area contributed by atoms with Gasteiger partial charge in [-0.05, 0) is 49.3 Å². The van der Waals surface area contributed by atoms with Gasteiger partial charge in [0.1, 0.15) is 6.10 Å². The van der Waals surface area contributed by atoms with Crippen LogP contribution in [0.3, 0.4) is 0 Å². The zero-order chi connectivity index (χ0) is 23.5. The molecule has 1 aromatic heterocycles. The van der Waals surface area contributed by atoms with Crippen molar-refractivity contribution in [1.29, 1.82) is 0 Å². The van der Waals surface area contributed by atoms with Gasteiger partial charge in [-0.1, -0.05) is 48.2 Å². The molecule has 182 valence electrons. The molecule has 3 heterocycles. The highest BCUT2D eigenvalue weighted by atomic mass is 35.5. The van der Waals surface area contributed by atoms with E-state index in [9.17, 15) is 9.59 Å². The third-order valence-electron chi connectivity index (χ3n) is 7.48. The lowest BCUT2D eigenvalue weighted by molar-refractivity contribution is -0.126. The first-order valence-electron chi connectivity index (χ1n) is 12.4. The van der Waals surface area contributed by atoms with Crippen LogP contribution in [-0.4, -0.2) is 51.3 Å². The van der Waals surface area contributed by atoms with Crippen molar-refractivity contribution >= 4 is 23.4 Å². The average molecular weight is 486 g/mol. The van der Waals surface area contributed by atoms with Gasteiger partial charge in [0.05, 0.1) is 18.8 Å². The van der Waals surface area contributed by atoms with Crippen molar-refractivity contribution in [1.82, 2.24) is 25.2 Å². The van der Waals surface area contributed by atoms with Gasteiger partial charge in [-0.2, -0.15) is 0 Å². The van der Waals surface area contributed by atoms with Crippen LogP contribution < -0.4 is 5.32 Å². The van der Waals surface area contributed by atoms with Crippen LogP contribution in [0.5, 0.6) is 0 Å². The molecule has 2 aliphatic heterocycles. The van der Waals surface area contributed by atoms with Gasteiger partial charge < -0.3 is 15.0 Å². The number of benzene rings is 1. The van der Waals surface area contributed by atoms with E-state index >= 15 is 0 Å². The average Bonchev–Trinajstić information content (AvgIpc) is 3.31. The number of carbonyl (C=O) groups excluding carboxylic acids is 2. The molecule has 0 spiro atoms. The van der Waals surface area contributed by atoms with Crippen LogP contribution in [0.15, 0.2) is 24.3 Å². The second kappa shape index (κ2) is 10.4. The fourth-order valence-corrected chi connectivity index (χ4v) is 5.46. The number of likely N-dealkylation sites (tertiary alicyclic amines) is 1. The van der Waals surface area contributed by atoms with Gasteiger partial charge in [-0.25, -0.2) is 4.68 Å². The Balaban J connectivity index is 1.14. The molecule has 2 aromatic rings. The molecule has 8 nitrogen and oxygen atoms in total. The van der Waals surface area contributed by atoms with Crippen LogP contribution >= 0.6 is 11.6 Å². The molecule has 1 saturated heterocycles. The summed E-state index contributed by atoms with van der Waals surface area (Å²) >= 11 is 5.99. The largest absolute Gasteiger partial charge is 0.365 e. The Hall–Kier alpha value is -2.45. The molecule has 3 aliphatic rings. The molecular formula is C25H32ClN5O3. The van der Waals surface area contributed by atoms with E-state index in [2.05, 4.69) is 15.6 Å². The smallest absolute Gasteiger partial charge is 0.276 e. The van der Waals surface area contributed by atoms with E-state index in [1.165, 1.54) is 32.1 Å². The second-order valence-electron chi connectivity index (χ2n) is 9.73. The summed E-state index contributed by atoms with van der Waals surface area (Å²) in [5.41, 5.74) is 2.08. The van der Waals surface area contributed by atoms with Crippen molar-refractivity contribution < 1.29 is 14.3 Å². The first-order chi connectivity index (χ1) is 16.6. The van der Waals surface area contributed by atoms with E-state index in [1.807, 2.05) is 24.3 Å². The molecule has 1 atom stereocenters. The van der Waals surface area contributed by atoms with Crippen molar-refractivity contribution in [3.63, 3.8) is 0 Å². The number of carbonyl (C=O) groups is 2. The summed E-state index contributed by atoms with van der Waals surface area (Å²) in [4.78, 5) is 27.6. The maximum Gasteiger partial charge on any atom is 0.276 e. The molecule has 1 saturated carbocycles. The molecular weight excluding hydrogens is 454 g/mol. The van der Waals surface area contributed by atoms with Crippen LogP contribution in [0.4, 0.5) is 0 Å². The van der Waals surface area contributed by atoms with Gasteiger partial charge in [0.15, 0.2) is 5.69 Å². The van der Waals surface area contributed by atoms with E-state index in [1.54, 1.807) is 9.58 Å². The maximum atomic E-state index is 13.2. The molecule has 1 N–H and O–H groups in total. The Labute approximate surface area is 205 Å². The van der Waals surface area contributed by atoms with Gasteiger partial charge in [0, 0.05) is 30.6 Å². The first-order valence-corrected chi connectivity index (χ1v) is 12.8. The lowest BCUT2D eigenvalue weighted by Gasteiger charge is -2.32. The molecule has 2 amide bonds. The van der Waals surface area contributed by atoms with E-state index < -0.39 is 0 Å². The zero-order valence-electron chi connectivity index (χ0n) is 19.4.